The molecule has 1 spiro atoms. The summed E-state index contributed by atoms with van der Waals surface area (Å²) in [6.45, 7) is 2.31. The Morgan fingerprint density at radius 3 is 2.47 bits per heavy atom. The van der Waals surface area contributed by atoms with E-state index in [4.69, 9.17) is 9.98 Å². The van der Waals surface area contributed by atoms with Crippen molar-refractivity contribution in [2.75, 3.05) is 0 Å². The molecule has 1 atom stereocenters. The Labute approximate surface area is 89.8 Å². The van der Waals surface area contributed by atoms with Gasteiger partial charge in [0.15, 0.2) is 5.66 Å². The average Bonchev–Trinajstić information content (AvgIpc) is 2.54. The standard InChI is InChI=1S/C13H16N2/c1-10-5-4-8-13(9-10)14-11-6-2-3-7-12(11)15-13/h2-3,6-7,10H,4-5,8-9H2,1H3. The summed E-state index contributed by atoms with van der Waals surface area (Å²) in [5.74, 6) is 0.764. The molecule has 0 bridgehead atoms. The fourth-order valence-corrected chi connectivity index (χ4v) is 2.83. The minimum atomic E-state index is -0.0959. The topological polar surface area (TPSA) is 24.7 Å². The van der Waals surface area contributed by atoms with Crippen molar-refractivity contribution in [2.24, 2.45) is 15.9 Å². The predicted octanol–water partition coefficient (Wildman–Crippen LogP) is 1.85. The van der Waals surface area contributed by atoms with E-state index in [0.717, 1.165) is 29.5 Å². The number of para-hydroxylation sites is 2. The fourth-order valence-electron chi connectivity index (χ4n) is 2.83. The van der Waals surface area contributed by atoms with Crippen LogP contribution in [-0.2, 0) is 0 Å². The summed E-state index contributed by atoms with van der Waals surface area (Å²) in [5.41, 5.74) is -0.0959. The fraction of sp³-hybridized carbons (Fsp3) is 0.538. The van der Waals surface area contributed by atoms with E-state index in [1.807, 2.05) is 12.1 Å². The van der Waals surface area contributed by atoms with E-state index in [9.17, 15) is 0 Å². The Bertz CT molecular complexity index is 455. The lowest BCUT2D eigenvalue weighted by Crippen LogP contribution is -2.30. The SMILES string of the molecule is CC1CCCC2(C1)N=c1ccccc1=N2. The van der Waals surface area contributed by atoms with Crippen LogP contribution in [0.2, 0.25) is 0 Å². The molecular weight excluding hydrogens is 184 g/mol. The zero-order chi connectivity index (χ0) is 10.3. The van der Waals surface area contributed by atoms with E-state index >= 15 is 0 Å². The first-order valence-electron chi connectivity index (χ1n) is 5.82. The van der Waals surface area contributed by atoms with Gasteiger partial charge in [0.1, 0.15) is 0 Å². The van der Waals surface area contributed by atoms with Gasteiger partial charge in [-0.2, -0.15) is 0 Å². The van der Waals surface area contributed by atoms with Crippen molar-refractivity contribution >= 4 is 0 Å². The summed E-state index contributed by atoms with van der Waals surface area (Å²) in [4.78, 5) is 9.65. The summed E-state index contributed by atoms with van der Waals surface area (Å²) in [7, 11) is 0. The van der Waals surface area contributed by atoms with Gasteiger partial charge >= 0.3 is 0 Å². The zero-order valence-electron chi connectivity index (χ0n) is 9.11. The van der Waals surface area contributed by atoms with Gasteiger partial charge in [0.2, 0.25) is 0 Å². The van der Waals surface area contributed by atoms with Crippen LogP contribution in [0.5, 0.6) is 0 Å². The molecule has 2 nitrogen and oxygen atoms in total. The molecule has 1 unspecified atom stereocenters. The van der Waals surface area contributed by atoms with Crippen LogP contribution in [-0.4, -0.2) is 5.66 Å². The van der Waals surface area contributed by atoms with Gasteiger partial charge in [-0.3, -0.25) is 9.98 Å². The lowest BCUT2D eigenvalue weighted by Gasteiger charge is -2.31. The van der Waals surface area contributed by atoms with Crippen LogP contribution in [0.4, 0.5) is 0 Å². The second-order valence-corrected chi connectivity index (χ2v) is 4.90. The molecule has 1 aromatic rings. The van der Waals surface area contributed by atoms with E-state index in [2.05, 4.69) is 19.1 Å². The van der Waals surface area contributed by atoms with E-state index in [0.29, 0.717) is 0 Å². The summed E-state index contributed by atoms with van der Waals surface area (Å²) >= 11 is 0. The quantitative estimate of drug-likeness (QED) is 0.610. The molecule has 1 saturated carbocycles. The smallest absolute Gasteiger partial charge is 0.151 e. The number of fused-ring (bicyclic) bond motifs is 1. The molecule has 15 heavy (non-hydrogen) atoms. The van der Waals surface area contributed by atoms with Crippen molar-refractivity contribution in [2.45, 2.75) is 38.3 Å². The van der Waals surface area contributed by atoms with Gasteiger partial charge in [0, 0.05) is 0 Å². The highest BCUT2D eigenvalue weighted by molar-refractivity contribution is 5.08. The largest absolute Gasteiger partial charge is 0.253 e. The van der Waals surface area contributed by atoms with Crippen molar-refractivity contribution in [3.05, 3.63) is 35.0 Å². The Morgan fingerprint density at radius 1 is 1.20 bits per heavy atom. The molecule has 1 fully saturated rings. The molecule has 2 heteroatoms. The number of benzene rings is 1. The van der Waals surface area contributed by atoms with Gasteiger partial charge in [-0.05, 0) is 37.3 Å². The molecule has 1 aliphatic heterocycles. The van der Waals surface area contributed by atoms with Gasteiger partial charge in [-0.15, -0.1) is 0 Å². The molecular formula is C13H16N2. The summed E-state index contributed by atoms with van der Waals surface area (Å²) in [6, 6.07) is 8.24. The van der Waals surface area contributed by atoms with Crippen molar-refractivity contribution in [1.29, 1.82) is 0 Å². The van der Waals surface area contributed by atoms with E-state index in [1.54, 1.807) is 0 Å². The normalized spacial score (nSPS) is 26.9. The van der Waals surface area contributed by atoms with Gasteiger partial charge in [0.05, 0.1) is 10.7 Å². The lowest BCUT2D eigenvalue weighted by atomic mass is 9.83. The maximum Gasteiger partial charge on any atom is 0.151 e. The number of hydrogen-bond donors (Lipinski definition) is 0. The number of nitrogens with zero attached hydrogens (tertiary/aromatic N) is 2. The van der Waals surface area contributed by atoms with E-state index in [-0.39, 0.29) is 5.66 Å². The number of rotatable bonds is 0. The Kier molecular flexibility index (Phi) is 1.91. The van der Waals surface area contributed by atoms with E-state index < -0.39 is 0 Å². The predicted molar refractivity (Wildman–Crippen MR) is 59.1 cm³/mol. The molecule has 1 heterocycles. The maximum atomic E-state index is 4.83. The monoisotopic (exact) mass is 200 g/mol. The highest BCUT2D eigenvalue weighted by Gasteiger charge is 2.35. The third-order valence-electron chi connectivity index (χ3n) is 3.49. The van der Waals surface area contributed by atoms with Crippen molar-refractivity contribution in [1.82, 2.24) is 0 Å². The molecule has 78 valence electrons. The highest BCUT2D eigenvalue weighted by atomic mass is 15.1. The van der Waals surface area contributed by atoms with Crippen LogP contribution >= 0.6 is 0 Å². The minimum absolute atomic E-state index is 0.0959. The second-order valence-electron chi connectivity index (χ2n) is 4.90. The Hall–Kier alpha value is -1.18. The molecule has 2 aliphatic rings. The van der Waals surface area contributed by atoms with Gasteiger partial charge in [0.25, 0.3) is 0 Å². The first-order chi connectivity index (χ1) is 7.27. The second kappa shape index (κ2) is 3.16. The molecule has 0 N–H and O–H groups in total. The molecule has 3 rings (SSSR count). The van der Waals surface area contributed by atoms with Crippen LogP contribution in [0.25, 0.3) is 0 Å². The first kappa shape index (κ1) is 9.08. The van der Waals surface area contributed by atoms with Crippen LogP contribution < -0.4 is 10.7 Å². The summed E-state index contributed by atoms with van der Waals surface area (Å²) < 4.78 is 0. The zero-order valence-corrected chi connectivity index (χ0v) is 9.11. The third kappa shape index (κ3) is 1.48. The maximum absolute atomic E-state index is 4.83. The van der Waals surface area contributed by atoms with Crippen molar-refractivity contribution in [3.63, 3.8) is 0 Å². The Morgan fingerprint density at radius 2 is 1.87 bits per heavy atom. The van der Waals surface area contributed by atoms with Crippen molar-refractivity contribution < 1.29 is 0 Å². The first-order valence-corrected chi connectivity index (χ1v) is 5.82. The molecule has 1 aliphatic carbocycles. The average molecular weight is 200 g/mol. The van der Waals surface area contributed by atoms with Gasteiger partial charge < -0.3 is 0 Å². The van der Waals surface area contributed by atoms with Crippen LogP contribution in [0, 0.1) is 5.92 Å². The summed E-state index contributed by atoms with van der Waals surface area (Å²) in [5, 5.41) is 2.18. The Balaban J connectivity index is 2.08. The van der Waals surface area contributed by atoms with Gasteiger partial charge in [-0.1, -0.05) is 25.5 Å². The molecule has 0 aromatic heterocycles. The van der Waals surface area contributed by atoms with Gasteiger partial charge in [-0.25, -0.2) is 0 Å². The molecule has 0 saturated heterocycles. The molecule has 1 aromatic carbocycles. The van der Waals surface area contributed by atoms with Crippen LogP contribution in [0.1, 0.15) is 32.6 Å². The lowest BCUT2D eigenvalue weighted by molar-refractivity contribution is 0.246. The molecule has 0 radical (unpaired) electrons. The van der Waals surface area contributed by atoms with E-state index in [1.165, 1.54) is 12.8 Å². The number of hydrogen-bond acceptors (Lipinski definition) is 2. The van der Waals surface area contributed by atoms with Crippen molar-refractivity contribution in [3.8, 4) is 0 Å². The highest BCUT2D eigenvalue weighted by Crippen LogP contribution is 2.36. The molecule has 0 amide bonds. The van der Waals surface area contributed by atoms with Crippen LogP contribution in [0.15, 0.2) is 34.3 Å². The summed E-state index contributed by atoms with van der Waals surface area (Å²) in [6.07, 6.45) is 4.86. The van der Waals surface area contributed by atoms with Crippen LogP contribution in [0.3, 0.4) is 0 Å². The minimum Gasteiger partial charge on any atom is -0.253 e. The third-order valence-corrected chi connectivity index (χ3v) is 3.49.